The number of aromatic nitrogens is 4. The summed E-state index contributed by atoms with van der Waals surface area (Å²) in [7, 11) is 1.31. The lowest BCUT2D eigenvalue weighted by Gasteiger charge is -2.14. The first kappa shape index (κ1) is 28.7. The number of nitrogens with zero attached hydrogens (tertiary/aromatic N) is 5. The summed E-state index contributed by atoms with van der Waals surface area (Å²) in [6.45, 7) is 0.143. The first-order valence-corrected chi connectivity index (χ1v) is 12.7. The second kappa shape index (κ2) is 11.6. The Hall–Kier alpha value is -4.82. The third kappa shape index (κ3) is 5.80. The van der Waals surface area contributed by atoms with Crippen LogP contribution in [0.4, 0.5) is 22.0 Å². The highest BCUT2D eigenvalue weighted by atomic mass is 19.4. The summed E-state index contributed by atoms with van der Waals surface area (Å²) in [6, 6.07) is 8.21. The fraction of sp³-hybridized carbons (Fsp3) is 0.296. The van der Waals surface area contributed by atoms with Crippen LogP contribution in [0.2, 0.25) is 0 Å². The lowest BCUT2D eigenvalue weighted by atomic mass is 10.0. The number of imidazole rings is 1. The molecule has 42 heavy (non-hydrogen) atoms. The molecule has 0 saturated heterocycles. The van der Waals surface area contributed by atoms with Gasteiger partial charge in [0.05, 0.1) is 25.1 Å². The Balaban J connectivity index is 1.25. The molecule has 1 amide bonds. The summed E-state index contributed by atoms with van der Waals surface area (Å²) < 4.78 is 82.1. The van der Waals surface area contributed by atoms with Gasteiger partial charge in [-0.15, -0.1) is 0 Å². The molecule has 0 saturated carbocycles. The number of amides is 1. The van der Waals surface area contributed by atoms with Crippen molar-refractivity contribution in [2.24, 2.45) is 5.10 Å². The highest BCUT2D eigenvalue weighted by Crippen LogP contribution is 2.33. The molecule has 5 rings (SSSR count). The SMILES string of the molecule is COc1ccc(-c2ccc(=O)n(CCCCOc3ccc(C4=NNC(=O)CC4)c(F)c3F)n2)n2cc(C(F)(F)F)nc12. The molecule has 4 heterocycles. The van der Waals surface area contributed by atoms with Crippen molar-refractivity contribution in [1.29, 1.82) is 0 Å². The minimum atomic E-state index is -4.68. The molecule has 0 aliphatic carbocycles. The molecular formula is C27H23F5N6O4. The number of benzene rings is 1. The van der Waals surface area contributed by atoms with E-state index in [0.717, 1.165) is 10.9 Å². The zero-order chi connectivity index (χ0) is 30.0. The number of carbonyl (C=O) groups excluding carboxylic acids is 1. The number of hydrazone groups is 1. The van der Waals surface area contributed by atoms with Crippen LogP contribution in [0.15, 0.2) is 52.5 Å². The highest BCUT2D eigenvalue weighted by molar-refractivity contribution is 6.04. The van der Waals surface area contributed by atoms with Crippen molar-refractivity contribution in [2.45, 2.75) is 38.4 Å². The van der Waals surface area contributed by atoms with Crippen molar-refractivity contribution in [3.8, 4) is 22.9 Å². The van der Waals surface area contributed by atoms with E-state index in [1.165, 1.54) is 47.9 Å². The Morgan fingerprint density at radius 1 is 0.976 bits per heavy atom. The largest absolute Gasteiger partial charge is 0.493 e. The number of nitrogens with one attached hydrogen (secondary N) is 1. The Morgan fingerprint density at radius 2 is 1.76 bits per heavy atom. The van der Waals surface area contributed by atoms with Crippen LogP contribution in [0.25, 0.3) is 17.0 Å². The summed E-state index contributed by atoms with van der Waals surface area (Å²) in [4.78, 5) is 27.3. The van der Waals surface area contributed by atoms with E-state index in [-0.39, 0.29) is 71.7 Å². The smallest absolute Gasteiger partial charge is 0.434 e. The van der Waals surface area contributed by atoms with E-state index >= 15 is 0 Å². The van der Waals surface area contributed by atoms with Gasteiger partial charge in [0.1, 0.15) is 5.69 Å². The van der Waals surface area contributed by atoms with Gasteiger partial charge in [0.2, 0.25) is 11.7 Å². The molecule has 1 N–H and O–H groups in total. The number of methoxy groups -OCH3 is 1. The van der Waals surface area contributed by atoms with Crippen LogP contribution < -0.4 is 20.5 Å². The summed E-state index contributed by atoms with van der Waals surface area (Å²) in [5, 5.41) is 8.08. The molecule has 0 fully saturated rings. The number of fused-ring (bicyclic) bond motifs is 1. The number of hydrogen-bond acceptors (Lipinski definition) is 7. The van der Waals surface area contributed by atoms with Crippen LogP contribution in [-0.4, -0.2) is 44.5 Å². The number of alkyl halides is 3. The fourth-order valence-electron chi connectivity index (χ4n) is 4.38. The molecule has 0 unspecified atom stereocenters. The van der Waals surface area contributed by atoms with Crippen LogP contribution in [0.3, 0.4) is 0 Å². The van der Waals surface area contributed by atoms with Gasteiger partial charge >= 0.3 is 6.18 Å². The minimum absolute atomic E-state index is 0.00943. The Bertz CT molecular complexity index is 1750. The van der Waals surface area contributed by atoms with Crippen LogP contribution in [0, 0.1) is 11.6 Å². The maximum Gasteiger partial charge on any atom is 0.434 e. The number of ether oxygens (including phenoxy) is 2. The van der Waals surface area contributed by atoms with Crippen LogP contribution in [0.5, 0.6) is 11.5 Å². The van der Waals surface area contributed by atoms with Gasteiger partial charge in [-0.05, 0) is 43.2 Å². The average molecular weight is 591 g/mol. The van der Waals surface area contributed by atoms with Crippen molar-refractivity contribution >= 4 is 17.3 Å². The molecule has 10 nitrogen and oxygen atoms in total. The van der Waals surface area contributed by atoms with Gasteiger partial charge in [-0.1, -0.05) is 0 Å². The predicted molar refractivity (Wildman–Crippen MR) is 139 cm³/mol. The monoisotopic (exact) mass is 590 g/mol. The summed E-state index contributed by atoms with van der Waals surface area (Å²) >= 11 is 0. The van der Waals surface area contributed by atoms with Crippen molar-refractivity contribution in [2.75, 3.05) is 13.7 Å². The van der Waals surface area contributed by atoms with E-state index in [1.54, 1.807) is 0 Å². The topological polar surface area (TPSA) is 112 Å². The second-order valence-corrected chi connectivity index (χ2v) is 9.27. The van der Waals surface area contributed by atoms with Crippen molar-refractivity contribution in [3.63, 3.8) is 0 Å². The third-order valence-corrected chi connectivity index (χ3v) is 6.50. The molecule has 0 bridgehead atoms. The maximum absolute atomic E-state index is 14.6. The van der Waals surface area contributed by atoms with Crippen molar-refractivity contribution in [1.82, 2.24) is 24.6 Å². The molecule has 3 aromatic heterocycles. The number of pyridine rings is 1. The number of rotatable bonds is 9. The minimum Gasteiger partial charge on any atom is -0.493 e. The zero-order valence-corrected chi connectivity index (χ0v) is 22.0. The maximum atomic E-state index is 14.6. The second-order valence-electron chi connectivity index (χ2n) is 9.27. The molecular weight excluding hydrogens is 567 g/mol. The number of unbranched alkanes of at least 4 members (excludes halogenated alkanes) is 1. The van der Waals surface area contributed by atoms with Crippen LogP contribution >= 0.6 is 0 Å². The molecule has 0 spiro atoms. The van der Waals surface area contributed by atoms with Gasteiger partial charge in [0.25, 0.3) is 5.56 Å². The van der Waals surface area contributed by atoms with Gasteiger partial charge in [-0.3, -0.25) is 14.0 Å². The quantitative estimate of drug-likeness (QED) is 0.229. The molecule has 15 heteroatoms. The van der Waals surface area contributed by atoms with E-state index in [0.29, 0.717) is 12.8 Å². The van der Waals surface area contributed by atoms with Gasteiger partial charge in [-0.2, -0.15) is 27.8 Å². The predicted octanol–water partition coefficient (Wildman–Crippen LogP) is 4.34. The van der Waals surface area contributed by atoms with E-state index in [2.05, 4.69) is 20.6 Å². The summed E-state index contributed by atoms with van der Waals surface area (Å²) in [6.07, 6.45) is -2.83. The van der Waals surface area contributed by atoms with Crippen LogP contribution in [-0.2, 0) is 17.5 Å². The zero-order valence-electron chi connectivity index (χ0n) is 22.0. The van der Waals surface area contributed by atoms with Gasteiger partial charge in [0.15, 0.2) is 28.7 Å². The number of halogens is 5. The van der Waals surface area contributed by atoms with Gasteiger partial charge < -0.3 is 9.47 Å². The molecule has 220 valence electrons. The number of aryl methyl sites for hydroxylation is 1. The van der Waals surface area contributed by atoms with Crippen molar-refractivity contribution in [3.05, 3.63) is 75.8 Å². The van der Waals surface area contributed by atoms with E-state index in [9.17, 15) is 31.5 Å². The fourth-order valence-corrected chi connectivity index (χ4v) is 4.38. The molecule has 1 aliphatic rings. The third-order valence-electron chi connectivity index (χ3n) is 6.50. The first-order valence-electron chi connectivity index (χ1n) is 12.7. The van der Waals surface area contributed by atoms with Crippen LogP contribution in [0.1, 0.15) is 36.9 Å². The first-order chi connectivity index (χ1) is 20.1. The van der Waals surface area contributed by atoms with Gasteiger partial charge in [0, 0.05) is 37.2 Å². The lowest BCUT2D eigenvalue weighted by Crippen LogP contribution is -2.26. The summed E-state index contributed by atoms with van der Waals surface area (Å²) in [5.74, 6) is -2.79. The average Bonchev–Trinajstić information content (AvgIpc) is 3.43. The van der Waals surface area contributed by atoms with E-state index in [1.807, 2.05) is 0 Å². The molecule has 1 aliphatic heterocycles. The lowest BCUT2D eigenvalue weighted by molar-refractivity contribution is -0.140. The Labute approximate surface area is 234 Å². The van der Waals surface area contributed by atoms with E-state index < -0.39 is 29.1 Å². The summed E-state index contributed by atoms with van der Waals surface area (Å²) in [5.41, 5.74) is 1.28. The van der Waals surface area contributed by atoms with Gasteiger partial charge in [-0.25, -0.2) is 19.5 Å². The number of carbonyl (C=O) groups is 1. The molecule has 1 aromatic carbocycles. The molecule has 0 radical (unpaired) electrons. The molecule has 4 aromatic rings. The Kier molecular flexibility index (Phi) is 7.91. The highest BCUT2D eigenvalue weighted by Gasteiger charge is 2.35. The number of hydrogen-bond donors (Lipinski definition) is 1. The van der Waals surface area contributed by atoms with Crippen molar-refractivity contribution < 1.29 is 36.2 Å². The molecule has 0 atom stereocenters. The standard InChI is InChI=1S/C27H23F5N6O4/c1-41-20-9-7-18(37-14-21(27(30,31)32)33-26(20)37)17-6-11-23(40)38(36-17)12-2-3-13-42-19-8-4-15(24(28)25(19)29)16-5-10-22(39)35-34-16/h4,6-9,11,14H,2-3,5,10,12-13H2,1H3,(H,35,39). The normalized spacial score (nSPS) is 13.7. The Morgan fingerprint density at radius 3 is 2.48 bits per heavy atom. The van der Waals surface area contributed by atoms with E-state index in [4.69, 9.17) is 9.47 Å².